The van der Waals surface area contributed by atoms with E-state index in [1.54, 1.807) is 24.3 Å². The summed E-state index contributed by atoms with van der Waals surface area (Å²) in [7, 11) is -3.49. The molecule has 0 radical (unpaired) electrons. The van der Waals surface area contributed by atoms with Crippen LogP contribution in [0.5, 0.6) is 0 Å². The highest BCUT2D eigenvalue weighted by Crippen LogP contribution is 2.20. The zero-order chi connectivity index (χ0) is 16.7. The first-order valence-electron chi connectivity index (χ1n) is 7.92. The highest BCUT2D eigenvalue weighted by molar-refractivity contribution is 7.89. The first kappa shape index (κ1) is 17.7. The van der Waals surface area contributed by atoms with E-state index in [-0.39, 0.29) is 6.04 Å². The van der Waals surface area contributed by atoms with E-state index >= 15 is 0 Å². The van der Waals surface area contributed by atoms with E-state index in [1.165, 1.54) is 0 Å². The Morgan fingerprint density at radius 1 is 0.913 bits per heavy atom. The number of nitrogens with one attached hydrogen (secondary N) is 1. The average molecular weight is 332 g/mol. The Hall–Kier alpha value is -1.69. The summed E-state index contributed by atoms with van der Waals surface area (Å²) in [5.74, 6) is 0. The third kappa shape index (κ3) is 4.64. The van der Waals surface area contributed by atoms with E-state index in [0.29, 0.717) is 11.4 Å². The van der Waals surface area contributed by atoms with Gasteiger partial charge in [0.15, 0.2) is 0 Å². The smallest absolute Gasteiger partial charge is 0.240 e. The monoisotopic (exact) mass is 332 g/mol. The Bertz CT molecular complexity index is 683. The minimum absolute atomic E-state index is 0.0182. The van der Waals surface area contributed by atoms with Gasteiger partial charge >= 0.3 is 0 Å². The fourth-order valence-electron chi connectivity index (χ4n) is 2.67. The number of nitrogens with zero attached hydrogens (tertiary/aromatic N) is 1. The molecule has 0 aliphatic carbocycles. The second kappa shape index (κ2) is 8.24. The maximum absolute atomic E-state index is 12.4. The van der Waals surface area contributed by atoms with Crippen molar-refractivity contribution in [1.29, 1.82) is 0 Å². The van der Waals surface area contributed by atoms with Crippen LogP contribution >= 0.6 is 0 Å². The summed E-state index contributed by atoms with van der Waals surface area (Å²) in [4.78, 5) is 2.55. The van der Waals surface area contributed by atoms with Gasteiger partial charge < -0.3 is 0 Å². The summed E-state index contributed by atoms with van der Waals surface area (Å²) in [6.07, 6.45) is 0. The van der Waals surface area contributed by atoms with Gasteiger partial charge in [-0.3, -0.25) is 4.90 Å². The van der Waals surface area contributed by atoms with E-state index in [2.05, 4.69) is 23.5 Å². The third-order valence-electron chi connectivity index (χ3n) is 3.96. The molecule has 1 atom stereocenters. The summed E-state index contributed by atoms with van der Waals surface area (Å²) < 4.78 is 27.6. The van der Waals surface area contributed by atoms with Crippen molar-refractivity contribution in [2.24, 2.45) is 0 Å². The van der Waals surface area contributed by atoms with Crippen LogP contribution in [0.3, 0.4) is 0 Å². The molecule has 0 bridgehead atoms. The summed E-state index contributed by atoms with van der Waals surface area (Å²) in [6.45, 7) is 6.26. The number of rotatable bonds is 8. The molecule has 0 amide bonds. The second-order valence-electron chi connectivity index (χ2n) is 5.31. The fourth-order valence-corrected chi connectivity index (χ4v) is 3.73. The van der Waals surface area contributed by atoms with Crippen molar-refractivity contribution >= 4 is 10.0 Å². The Balaban J connectivity index is 2.19. The predicted molar refractivity (Wildman–Crippen MR) is 93.7 cm³/mol. The molecular weight excluding hydrogens is 308 g/mol. The van der Waals surface area contributed by atoms with E-state index in [4.69, 9.17) is 0 Å². The molecule has 4 nitrogen and oxygen atoms in total. The van der Waals surface area contributed by atoms with Crippen LogP contribution in [-0.2, 0) is 10.0 Å². The molecule has 0 saturated heterocycles. The molecular formula is C18H24N2O2S. The molecule has 1 N–H and O–H groups in total. The lowest BCUT2D eigenvalue weighted by Crippen LogP contribution is -2.38. The molecule has 5 heteroatoms. The number of likely N-dealkylation sites (N-methyl/N-ethyl adjacent to an activating group) is 1. The number of hydrogen-bond donors (Lipinski definition) is 1. The summed E-state index contributed by atoms with van der Waals surface area (Å²) in [5, 5.41) is 0. The molecule has 2 rings (SSSR count). The van der Waals surface area contributed by atoms with Gasteiger partial charge in [0.25, 0.3) is 0 Å². The molecule has 0 saturated carbocycles. The van der Waals surface area contributed by atoms with Gasteiger partial charge in [-0.25, -0.2) is 13.1 Å². The SMILES string of the molecule is CCN(CC)C(CNS(=O)(=O)c1ccccc1)c1ccccc1. The van der Waals surface area contributed by atoms with Gasteiger partial charge in [-0.2, -0.15) is 0 Å². The number of hydrogen-bond acceptors (Lipinski definition) is 3. The van der Waals surface area contributed by atoms with Gasteiger partial charge in [0, 0.05) is 12.6 Å². The van der Waals surface area contributed by atoms with Gasteiger partial charge in [0.05, 0.1) is 4.90 Å². The molecule has 1 unspecified atom stereocenters. The van der Waals surface area contributed by atoms with Gasteiger partial charge in [-0.15, -0.1) is 0 Å². The Kier molecular flexibility index (Phi) is 6.33. The summed E-state index contributed by atoms with van der Waals surface area (Å²) in [6, 6.07) is 18.5. The van der Waals surface area contributed by atoms with Crippen LogP contribution in [0.25, 0.3) is 0 Å². The zero-order valence-corrected chi connectivity index (χ0v) is 14.5. The molecule has 0 aliphatic rings. The zero-order valence-electron chi connectivity index (χ0n) is 13.6. The molecule has 124 valence electrons. The predicted octanol–water partition coefficient (Wildman–Crippen LogP) is 3.05. The van der Waals surface area contributed by atoms with Gasteiger partial charge in [-0.1, -0.05) is 62.4 Å². The van der Waals surface area contributed by atoms with Gasteiger partial charge in [0.1, 0.15) is 0 Å². The van der Waals surface area contributed by atoms with Crippen LogP contribution in [0, 0.1) is 0 Å². The topological polar surface area (TPSA) is 49.4 Å². The van der Waals surface area contributed by atoms with Crippen LogP contribution < -0.4 is 4.72 Å². The standard InChI is InChI=1S/C18H24N2O2S/c1-3-20(4-2)18(16-11-7-5-8-12-16)15-19-23(21,22)17-13-9-6-10-14-17/h5-14,18-19H,3-4,15H2,1-2H3. The van der Waals surface area contributed by atoms with Crippen molar-refractivity contribution in [3.63, 3.8) is 0 Å². The first-order valence-corrected chi connectivity index (χ1v) is 9.40. The van der Waals surface area contributed by atoms with Crippen LogP contribution in [0.4, 0.5) is 0 Å². The molecule has 2 aromatic rings. The van der Waals surface area contributed by atoms with Crippen LogP contribution in [-0.4, -0.2) is 33.0 Å². The van der Waals surface area contributed by atoms with Crippen molar-refractivity contribution in [1.82, 2.24) is 9.62 Å². The van der Waals surface area contributed by atoms with E-state index in [1.807, 2.05) is 36.4 Å². The normalized spacial score (nSPS) is 13.2. The van der Waals surface area contributed by atoms with Crippen molar-refractivity contribution in [3.8, 4) is 0 Å². The van der Waals surface area contributed by atoms with Gasteiger partial charge in [-0.05, 0) is 30.8 Å². The van der Waals surface area contributed by atoms with Crippen LogP contribution in [0.2, 0.25) is 0 Å². The lowest BCUT2D eigenvalue weighted by atomic mass is 10.1. The van der Waals surface area contributed by atoms with Gasteiger partial charge in [0.2, 0.25) is 10.0 Å². The first-order chi connectivity index (χ1) is 11.1. The molecule has 23 heavy (non-hydrogen) atoms. The highest BCUT2D eigenvalue weighted by atomic mass is 32.2. The highest BCUT2D eigenvalue weighted by Gasteiger charge is 2.21. The van der Waals surface area contributed by atoms with E-state index in [9.17, 15) is 8.42 Å². The molecule has 2 aromatic carbocycles. The largest absolute Gasteiger partial charge is 0.296 e. The number of benzene rings is 2. The minimum Gasteiger partial charge on any atom is -0.296 e. The summed E-state index contributed by atoms with van der Waals surface area (Å²) >= 11 is 0. The van der Waals surface area contributed by atoms with E-state index in [0.717, 1.165) is 18.7 Å². The Morgan fingerprint density at radius 3 is 1.96 bits per heavy atom. The molecule has 0 fully saturated rings. The van der Waals surface area contributed by atoms with Crippen molar-refractivity contribution in [2.45, 2.75) is 24.8 Å². The lowest BCUT2D eigenvalue weighted by molar-refractivity contribution is 0.220. The Labute approximate surface area is 139 Å². The lowest BCUT2D eigenvalue weighted by Gasteiger charge is -2.30. The van der Waals surface area contributed by atoms with Crippen LogP contribution in [0.15, 0.2) is 65.6 Å². The Morgan fingerprint density at radius 2 is 1.43 bits per heavy atom. The third-order valence-corrected chi connectivity index (χ3v) is 5.40. The maximum atomic E-state index is 12.4. The van der Waals surface area contributed by atoms with Crippen molar-refractivity contribution in [2.75, 3.05) is 19.6 Å². The molecule has 0 aromatic heterocycles. The summed E-state index contributed by atoms with van der Waals surface area (Å²) in [5.41, 5.74) is 1.12. The van der Waals surface area contributed by atoms with Crippen molar-refractivity contribution < 1.29 is 8.42 Å². The van der Waals surface area contributed by atoms with E-state index < -0.39 is 10.0 Å². The molecule has 0 aliphatic heterocycles. The maximum Gasteiger partial charge on any atom is 0.240 e. The number of sulfonamides is 1. The average Bonchev–Trinajstić information content (AvgIpc) is 2.60. The van der Waals surface area contributed by atoms with Crippen molar-refractivity contribution in [3.05, 3.63) is 66.2 Å². The molecule has 0 heterocycles. The minimum atomic E-state index is -3.49. The fraction of sp³-hybridized carbons (Fsp3) is 0.333. The second-order valence-corrected chi connectivity index (χ2v) is 7.08. The van der Waals surface area contributed by atoms with Crippen LogP contribution in [0.1, 0.15) is 25.5 Å². The quantitative estimate of drug-likeness (QED) is 0.808. The molecule has 0 spiro atoms.